The third kappa shape index (κ3) is 2.06. The van der Waals surface area contributed by atoms with Crippen LogP contribution in [-0.2, 0) is 9.47 Å². The molecular formula is C13H18O2. The average molecular weight is 206 g/mol. The summed E-state index contributed by atoms with van der Waals surface area (Å²) in [5.74, 6) is -0.347. The highest BCUT2D eigenvalue weighted by Crippen LogP contribution is 2.37. The van der Waals surface area contributed by atoms with Crippen molar-refractivity contribution in [1.82, 2.24) is 0 Å². The molecule has 2 rings (SSSR count). The van der Waals surface area contributed by atoms with E-state index in [9.17, 15) is 0 Å². The van der Waals surface area contributed by atoms with Gasteiger partial charge in [0.25, 0.3) is 0 Å². The number of rotatable bonds is 3. The molecule has 0 saturated carbocycles. The van der Waals surface area contributed by atoms with Gasteiger partial charge < -0.3 is 9.47 Å². The van der Waals surface area contributed by atoms with Crippen LogP contribution in [0.15, 0.2) is 30.3 Å². The summed E-state index contributed by atoms with van der Waals surface area (Å²) in [7, 11) is 0. The summed E-state index contributed by atoms with van der Waals surface area (Å²) in [4.78, 5) is 0. The van der Waals surface area contributed by atoms with Gasteiger partial charge in [0.1, 0.15) is 6.10 Å². The Kier molecular flexibility index (Phi) is 3.08. The molecule has 1 aliphatic rings. The highest BCUT2D eigenvalue weighted by Gasteiger charge is 2.38. The van der Waals surface area contributed by atoms with Crippen LogP contribution < -0.4 is 0 Å². The molecule has 1 saturated heterocycles. The van der Waals surface area contributed by atoms with Crippen LogP contribution in [0.3, 0.4) is 0 Å². The Hall–Kier alpha value is -0.860. The van der Waals surface area contributed by atoms with Gasteiger partial charge in [0, 0.05) is 0 Å². The Morgan fingerprint density at radius 1 is 1.20 bits per heavy atom. The summed E-state index contributed by atoms with van der Waals surface area (Å²) in [6.07, 6.45) is 1.92. The molecular weight excluding hydrogens is 188 g/mol. The first-order chi connectivity index (χ1) is 7.29. The molecule has 1 aliphatic heterocycles. The van der Waals surface area contributed by atoms with E-state index in [4.69, 9.17) is 9.47 Å². The number of hydrogen-bond donors (Lipinski definition) is 0. The van der Waals surface area contributed by atoms with Crippen molar-refractivity contribution in [2.75, 3.05) is 6.61 Å². The SMILES string of the molecule is CCC1(CC)OCC(c2ccccc2)O1. The summed E-state index contributed by atoms with van der Waals surface area (Å²) in [6, 6.07) is 10.3. The predicted octanol–water partition coefficient (Wildman–Crippen LogP) is 3.29. The van der Waals surface area contributed by atoms with Crippen LogP contribution in [0.4, 0.5) is 0 Å². The van der Waals surface area contributed by atoms with Crippen molar-refractivity contribution in [2.24, 2.45) is 0 Å². The lowest BCUT2D eigenvalue weighted by molar-refractivity contribution is -0.172. The van der Waals surface area contributed by atoms with Crippen molar-refractivity contribution in [3.05, 3.63) is 35.9 Å². The summed E-state index contributed by atoms with van der Waals surface area (Å²) in [6.45, 7) is 4.89. The van der Waals surface area contributed by atoms with Gasteiger partial charge in [0.15, 0.2) is 5.79 Å². The van der Waals surface area contributed by atoms with Gasteiger partial charge >= 0.3 is 0 Å². The van der Waals surface area contributed by atoms with E-state index in [0.717, 1.165) is 12.8 Å². The van der Waals surface area contributed by atoms with Crippen LogP contribution >= 0.6 is 0 Å². The minimum absolute atomic E-state index is 0.103. The molecule has 1 atom stereocenters. The van der Waals surface area contributed by atoms with Gasteiger partial charge in [0.05, 0.1) is 6.61 Å². The molecule has 0 amide bonds. The van der Waals surface area contributed by atoms with Gasteiger partial charge in [-0.2, -0.15) is 0 Å². The van der Waals surface area contributed by atoms with Gasteiger partial charge in [-0.1, -0.05) is 44.2 Å². The zero-order valence-corrected chi connectivity index (χ0v) is 9.40. The van der Waals surface area contributed by atoms with Gasteiger partial charge in [-0.3, -0.25) is 0 Å². The summed E-state index contributed by atoms with van der Waals surface area (Å²) in [5, 5.41) is 0. The lowest BCUT2D eigenvalue weighted by Crippen LogP contribution is -2.27. The Labute approximate surface area is 91.2 Å². The largest absolute Gasteiger partial charge is 0.347 e. The molecule has 1 aromatic rings. The maximum atomic E-state index is 6.01. The lowest BCUT2D eigenvalue weighted by Gasteiger charge is -2.24. The molecule has 0 aromatic heterocycles. The maximum Gasteiger partial charge on any atom is 0.168 e. The molecule has 15 heavy (non-hydrogen) atoms. The second-order valence-corrected chi connectivity index (χ2v) is 3.95. The molecule has 0 aliphatic carbocycles. The highest BCUT2D eigenvalue weighted by atomic mass is 16.7. The first kappa shape index (κ1) is 10.7. The van der Waals surface area contributed by atoms with E-state index < -0.39 is 0 Å². The van der Waals surface area contributed by atoms with Crippen molar-refractivity contribution < 1.29 is 9.47 Å². The second kappa shape index (κ2) is 4.33. The minimum Gasteiger partial charge on any atom is -0.347 e. The Morgan fingerprint density at radius 2 is 1.87 bits per heavy atom. The van der Waals surface area contributed by atoms with Gasteiger partial charge in [-0.15, -0.1) is 0 Å². The fourth-order valence-electron chi connectivity index (χ4n) is 2.01. The van der Waals surface area contributed by atoms with Crippen molar-refractivity contribution in [2.45, 2.75) is 38.6 Å². The summed E-state index contributed by atoms with van der Waals surface area (Å²) in [5.41, 5.74) is 1.21. The standard InChI is InChI=1S/C13H18O2/c1-3-13(4-2)14-10-12(15-13)11-8-6-5-7-9-11/h5-9,12H,3-4,10H2,1-2H3. The zero-order chi connectivity index (χ0) is 10.7. The topological polar surface area (TPSA) is 18.5 Å². The fraction of sp³-hybridized carbons (Fsp3) is 0.538. The van der Waals surface area contributed by atoms with E-state index in [1.54, 1.807) is 0 Å². The molecule has 2 heteroatoms. The quantitative estimate of drug-likeness (QED) is 0.755. The maximum absolute atomic E-state index is 6.01. The normalized spacial score (nSPS) is 24.3. The number of ether oxygens (including phenoxy) is 2. The Bertz CT molecular complexity index is 304. The van der Waals surface area contributed by atoms with E-state index >= 15 is 0 Å². The van der Waals surface area contributed by atoms with Crippen LogP contribution in [0.25, 0.3) is 0 Å². The molecule has 0 spiro atoms. The van der Waals surface area contributed by atoms with E-state index in [-0.39, 0.29) is 11.9 Å². The smallest absolute Gasteiger partial charge is 0.168 e. The lowest BCUT2D eigenvalue weighted by atomic mass is 10.1. The van der Waals surface area contributed by atoms with E-state index in [2.05, 4.69) is 26.0 Å². The third-order valence-electron chi connectivity index (χ3n) is 3.10. The molecule has 0 radical (unpaired) electrons. The van der Waals surface area contributed by atoms with Gasteiger partial charge in [-0.05, 0) is 18.4 Å². The Balaban J connectivity index is 2.10. The molecule has 0 bridgehead atoms. The van der Waals surface area contributed by atoms with Crippen LogP contribution in [0.2, 0.25) is 0 Å². The van der Waals surface area contributed by atoms with Crippen molar-refractivity contribution in [3.8, 4) is 0 Å². The van der Waals surface area contributed by atoms with E-state index in [1.807, 2.05) is 18.2 Å². The van der Waals surface area contributed by atoms with Crippen LogP contribution in [0.5, 0.6) is 0 Å². The molecule has 2 nitrogen and oxygen atoms in total. The van der Waals surface area contributed by atoms with Crippen molar-refractivity contribution >= 4 is 0 Å². The zero-order valence-electron chi connectivity index (χ0n) is 9.40. The first-order valence-electron chi connectivity index (χ1n) is 5.66. The fourth-order valence-corrected chi connectivity index (χ4v) is 2.01. The van der Waals surface area contributed by atoms with Crippen molar-refractivity contribution in [3.63, 3.8) is 0 Å². The predicted molar refractivity (Wildman–Crippen MR) is 59.5 cm³/mol. The van der Waals surface area contributed by atoms with Crippen LogP contribution in [0, 0.1) is 0 Å². The number of benzene rings is 1. The van der Waals surface area contributed by atoms with Crippen LogP contribution in [-0.4, -0.2) is 12.4 Å². The summed E-state index contributed by atoms with van der Waals surface area (Å²) < 4.78 is 11.8. The minimum atomic E-state index is -0.347. The summed E-state index contributed by atoms with van der Waals surface area (Å²) >= 11 is 0. The van der Waals surface area contributed by atoms with E-state index in [1.165, 1.54) is 5.56 Å². The first-order valence-corrected chi connectivity index (χ1v) is 5.66. The van der Waals surface area contributed by atoms with E-state index in [0.29, 0.717) is 6.61 Å². The highest BCUT2D eigenvalue weighted by molar-refractivity contribution is 5.18. The third-order valence-corrected chi connectivity index (χ3v) is 3.10. The van der Waals surface area contributed by atoms with Crippen molar-refractivity contribution in [1.29, 1.82) is 0 Å². The molecule has 1 fully saturated rings. The molecule has 1 unspecified atom stereocenters. The molecule has 0 N–H and O–H groups in total. The average Bonchev–Trinajstić information content (AvgIpc) is 2.75. The monoisotopic (exact) mass is 206 g/mol. The molecule has 1 aromatic carbocycles. The molecule has 1 heterocycles. The van der Waals surface area contributed by atoms with Gasteiger partial charge in [-0.25, -0.2) is 0 Å². The molecule has 82 valence electrons. The number of hydrogen-bond acceptors (Lipinski definition) is 2. The van der Waals surface area contributed by atoms with Gasteiger partial charge in [0.2, 0.25) is 0 Å². The van der Waals surface area contributed by atoms with Crippen LogP contribution in [0.1, 0.15) is 38.4 Å². The second-order valence-electron chi connectivity index (χ2n) is 3.95. The Morgan fingerprint density at radius 3 is 2.40 bits per heavy atom.